The summed E-state index contributed by atoms with van der Waals surface area (Å²) in [4.78, 5) is 16.7. The summed E-state index contributed by atoms with van der Waals surface area (Å²) in [6.45, 7) is -3.98. The van der Waals surface area contributed by atoms with Gasteiger partial charge in [-0.15, -0.1) is 54.1 Å². The zero-order valence-corrected chi connectivity index (χ0v) is 27.4. The number of pyridine rings is 2. The van der Waals surface area contributed by atoms with Crippen molar-refractivity contribution < 1.29 is 41.0 Å². The summed E-state index contributed by atoms with van der Waals surface area (Å²) in [5, 5.41) is 2.20. The van der Waals surface area contributed by atoms with Crippen molar-refractivity contribution in [2.24, 2.45) is 0 Å². The van der Waals surface area contributed by atoms with Gasteiger partial charge in [-0.25, -0.2) is 9.97 Å². The normalized spacial score (nSPS) is 16.5. The SMILES string of the molecule is C[Si](C)(C)c1ccc(-c2[c-]cccc2)nc1.[2H]C([2H])([2H])c1nc(C([2H])([2H])[2H])c2c(ccc3oc4c(-c5cc(C([2H])([2H])[2H])c(C([2H])([2H])[2H])cn5)[c-]ccc4c32)n1.[Ir]. The zero-order valence-electron chi connectivity index (χ0n) is 36.0. The number of hydrogen-bond donors (Lipinski definition) is 0. The second-order valence-corrected chi connectivity index (χ2v) is 16.1. The largest absolute Gasteiger partial charge is 0.501 e. The predicted molar refractivity (Wildman–Crippen MR) is 179 cm³/mol. The van der Waals surface area contributed by atoms with E-state index in [1.54, 1.807) is 6.07 Å². The Morgan fingerprint density at radius 2 is 1.64 bits per heavy atom. The van der Waals surface area contributed by atoms with Crippen molar-refractivity contribution in [1.29, 1.82) is 0 Å². The van der Waals surface area contributed by atoms with Gasteiger partial charge in [0.1, 0.15) is 11.4 Å². The van der Waals surface area contributed by atoms with Crippen LogP contribution in [0, 0.1) is 39.5 Å². The quantitative estimate of drug-likeness (QED) is 0.133. The summed E-state index contributed by atoms with van der Waals surface area (Å²) in [5.74, 6) is -0.599. The van der Waals surface area contributed by atoms with Crippen LogP contribution < -0.4 is 5.19 Å². The molecular weight excluding hydrogens is 737 g/mol. The van der Waals surface area contributed by atoms with Gasteiger partial charge in [0.05, 0.1) is 19.2 Å². The molecule has 1 radical (unpaired) electrons. The van der Waals surface area contributed by atoms with Crippen LogP contribution in [0.2, 0.25) is 19.6 Å². The van der Waals surface area contributed by atoms with Crippen LogP contribution in [0.3, 0.4) is 0 Å². The van der Waals surface area contributed by atoms with E-state index in [1.807, 2.05) is 30.5 Å². The maximum absolute atomic E-state index is 8.04. The van der Waals surface area contributed by atoms with Crippen molar-refractivity contribution in [1.82, 2.24) is 19.9 Å². The number of aryl methyl sites for hydroxylation is 4. The Morgan fingerprint density at radius 1 is 0.773 bits per heavy atom. The number of nitrogens with zero attached hydrogens (tertiary/aromatic N) is 4. The standard InChI is InChI=1S/C23H18N3O.C14H16NSi.Ir/c1-12-10-19(24-11-13(12)2)16-6-5-7-17-22-20(27-23(16)17)9-8-18-21(22)14(3)25-15(4)26-18;1-16(2,3)13-9-10-14(15-11-13)12-7-5-4-6-8-12;/h5,7-11H,1-4H3;4-7,9-11H,1-3H3;/q2*-1;/i1D3,2D3,3D3,4D3;;. The molecule has 0 aliphatic rings. The molecule has 0 atom stereocenters. The van der Waals surface area contributed by atoms with Crippen molar-refractivity contribution in [3.63, 3.8) is 0 Å². The average Bonchev–Trinajstić information content (AvgIpc) is 3.49. The third kappa shape index (κ3) is 6.13. The second-order valence-electron chi connectivity index (χ2n) is 11.0. The molecule has 7 heteroatoms. The second kappa shape index (κ2) is 12.5. The van der Waals surface area contributed by atoms with Crippen molar-refractivity contribution >= 4 is 46.1 Å². The van der Waals surface area contributed by atoms with Gasteiger partial charge in [-0.2, -0.15) is 0 Å². The summed E-state index contributed by atoms with van der Waals surface area (Å²) in [7, 11) is -1.23. The van der Waals surface area contributed by atoms with Gasteiger partial charge >= 0.3 is 0 Å². The molecule has 0 unspecified atom stereocenters. The van der Waals surface area contributed by atoms with E-state index >= 15 is 0 Å². The van der Waals surface area contributed by atoms with E-state index in [4.69, 9.17) is 20.9 Å². The van der Waals surface area contributed by atoms with Crippen molar-refractivity contribution in [2.75, 3.05) is 0 Å². The van der Waals surface area contributed by atoms with E-state index in [0.717, 1.165) is 23.5 Å². The molecule has 0 aliphatic carbocycles. The number of rotatable bonds is 3. The van der Waals surface area contributed by atoms with Gasteiger partial charge in [0.15, 0.2) is 0 Å². The number of benzene rings is 3. The molecule has 0 aliphatic heterocycles. The van der Waals surface area contributed by atoms with Crippen molar-refractivity contribution in [3.8, 4) is 22.5 Å². The van der Waals surface area contributed by atoms with Crippen LogP contribution in [0.25, 0.3) is 55.4 Å². The molecule has 7 aromatic rings. The summed E-state index contributed by atoms with van der Waals surface area (Å²) in [6, 6.07) is 25.6. The van der Waals surface area contributed by atoms with E-state index in [9.17, 15) is 0 Å². The fourth-order valence-electron chi connectivity index (χ4n) is 4.79. The Labute approximate surface area is 290 Å². The molecule has 223 valence electrons. The Morgan fingerprint density at radius 3 is 2.34 bits per heavy atom. The van der Waals surface area contributed by atoms with Crippen molar-refractivity contribution in [3.05, 3.63) is 114 Å². The summed E-state index contributed by atoms with van der Waals surface area (Å²) in [6.07, 6.45) is 3.01. The topological polar surface area (TPSA) is 64.7 Å². The Kier molecular flexibility index (Phi) is 5.51. The molecule has 0 fully saturated rings. The molecule has 4 heterocycles. The monoisotopic (exact) mass is 783 g/mol. The molecular formula is C37H34IrN4OSi-2. The average molecular weight is 783 g/mol. The van der Waals surface area contributed by atoms with E-state index in [-0.39, 0.29) is 53.4 Å². The van der Waals surface area contributed by atoms with Crippen LogP contribution in [0.1, 0.15) is 39.1 Å². The molecule has 3 aromatic carbocycles. The molecule has 0 amide bonds. The third-order valence-corrected chi connectivity index (χ3v) is 9.06. The fourth-order valence-corrected chi connectivity index (χ4v) is 5.82. The van der Waals surface area contributed by atoms with E-state index < -0.39 is 58.1 Å². The maximum atomic E-state index is 8.04. The Hall–Kier alpha value is -4.03. The number of furan rings is 1. The van der Waals surface area contributed by atoms with Gasteiger partial charge in [-0.05, 0) is 61.7 Å². The van der Waals surface area contributed by atoms with Crippen LogP contribution in [-0.2, 0) is 20.1 Å². The minimum Gasteiger partial charge on any atom is -0.501 e. The molecule has 4 aromatic heterocycles. The zero-order chi connectivity index (χ0) is 40.3. The van der Waals surface area contributed by atoms with Gasteiger partial charge in [0.2, 0.25) is 0 Å². The fraction of sp³-hybridized carbons (Fsp3) is 0.189. The van der Waals surface area contributed by atoms with Crippen LogP contribution in [0.5, 0.6) is 0 Å². The van der Waals surface area contributed by atoms with Crippen LogP contribution in [-0.4, -0.2) is 28.0 Å². The number of fused-ring (bicyclic) bond motifs is 5. The van der Waals surface area contributed by atoms with Crippen LogP contribution in [0.4, 0.5) is 0 Å². The molecule has 0 saturated heterocycles. The van der Waals surface area contributed by atoms with Crippen molar-refractivity contribution in [2.45, 2.75) is 47.0 Å². The van der Waals surface area contributed by atoms with Gasteiger partial charge in [-0.3, -0.25) is 0 Å². The molecule has 5 nitrogen and oxygen atoms in total. The van der Waals surface area contributed by atoms with Gasteiger partial charge < -0.3 is 14.4 Å². The Balaban J connectivity index is 0.000000295. The summed E-state index contributed by atoms with van der Waals surface area (Å²) >= 11 is 0. The summed E-state index contributed by atoms with van der Waals surface area (Å²) in [5.41, 5.74) is 1.63. The van der Waals surface area contributed by atoms with Gasteiger partial charge in [0, 0.05) is 65.4 Å². The number of aromatic nitrogens is 4. The summed E-state index contributed by atoms with van der Waals surface area (Å²) < 4.78 is 99.8. The molecule has 44 heavy (non-hydrogen) atoms. The van der Waals surface area contributed by atoms with Gasteiger partial charge in [-0.1, -0.05) is 54.4 Å². The van der Waals surface area contributed by atoms with Gasteiger partial charge in [0.25, 0.3) is 0 Å². The minimum atomic E-state index is -2.79. The smallest absolute Gasteiger partial charge is 0.126 e. The van der Waals surface area contributed by atoms with E-state index in [0.29, 0.717) is 10.8 Å². The maximum Gasteiger partial charge on any atom is 0.126 e. The molecule has 0 N–H and O–H groups in total. The van der Waals surface area contributed by atoms with Crippen LogP contribution in [0.15, 0.2) is 83.5 Å². The molecule has 0 bridgehead atoms. The first-order valence-electron chi connectivity index (χ1n) is 19.5. The van der Waals surface area contributed by atoms with Crippen LogP contribution >= 0.6 is 0 Å². The Bertz CT molecular complexity index is 2530. The van der Waals surface area contributed by atoms with E-state index in [2.05, 4.69) is 63.8 Å². The first-order valence-corrected chi connectivity index (χ1v) is 17.0. The first kappa shape index (κ1) is 19.4. The van der Waals surface area contributed by atoms with E-state index in [1.165, 1.54) is 23.4 Å². The molecule has 0 saturated carbocycles. The number of hydrogen-bond acceptors (Lipinski definition) is 5. The predicted octanol–water partition coefficient (Wildman–Crippen LogP) is 8.72. The molecule has 7 rings (SSSR count). The molecule has 0 spiro atoms. The minimum absolute atomic E-state index is 0. The third-order valence-electron chi connectivity index (χ3n) is 7.03. The first-order chi connectivity index (χ1) is 25.4.